The van der Waals surface area contributed by atoms with Crippen molar-refractivity contribution < 1.29 is 27.4 Å². The standard InChI is InChI=1S/C17H15F3O3S/c1-2-24-15-9-3-12(4-10-15)16(11-21)22-13-5-7-14(8-6-13)23-17(18,19)20/h3-11,16H,2H2,1H3. The van der Waals surface area contributed by atoms with Crippen LogP contribution in [0.1, 0.15) is 18.6 Å². The molecule has 0 aliphatic heterocycles. The number of halogens is 3. The van der Waals surface area contributed by atoms with E-state index in [1.165, 1.54) is 12.1 Å². The predicted molar refractivity (Wildman–Crippen MR) is 85.4 cm³/mol. The topological polar surface area (TPSA) is 35.5 Å². The zero-order valence-electron chi connectivity index (χ0n) is 12.7. The Labute approximate surface area is 141 Å². The molecule has 2 aromatic rings. The largest absolute Gasteiger partial charge is 0.573 e. The third-order valence-corrected chi connectivity index (χ3v) is 3.86. The van der Waals surface area contributed by atoms with E-state index in [2.05, 4.69) is 4.74 Å². The molecular formula is C17H15F3O3S. The van der Waals surface area contributed by atoms with E-state index in [1.54, 1.807) is 23.9 Å². The molecule has 0 heterocycles. The Morgan fingerprint density at radius 3 is 2.12 bits per heavy atom. The second kappa shape index (κ2) is 8.10. The number of carbonyl (C=O) groups is 1. The minimum atomic E-state index is -4.74. The monoisotopic (exact) mass is 356 g/mol. The molecule has 0 radical (unpaired) electrons. The summed E-state index contributed by atoms with van der Waals surface area (Å²) in [6, 6.07) is 12.3. The van der Waals surface area contributed by atoms with Crippen LogP contribution < -0.4 is 9.47 Å². The van der Waals surface area contributed by atoms with Crippen LogP contribution in [0.4, 0.5) is 13.2 Å². The van der Waals surface area contributed by atoms with Gasteiger partial charge in [0.25, 0.3) is 0 Å². The van der Waals surface area contributed by atoms with Crippen LogP contribution in [0.15, 0.2) is 53.4 Å². The molecule has 0 N–H and O–H groups in total. The second-order valence-corrected chi connectivity index (χ2v) is 6.03. The highest BCUT2D eigenvalue weighted by molar-refractivity contribution is 7.99. The van der Waals surface area contributed by atoms with Crippen molar-refractivity contribution in [3.63, 3.8) is 0 Å². The number of hydrogen-bond donors (Lipinski definition) is 0. The lowest BCUT2D eigenvalue weighted by Gasteiger charge is -2.15. The van der Waals surface area contributed by atoms with E-state index in [9.17, 15) is 18.0 Å². The van der Waals surface area contributed by atoms with Gasteiger partial charge in [-0.05, 0) is 47.7 Å². The molecule has 0 spiro atoms. The number of carbonyl (C=O) groups excluding carboxylic acids is 1. The van der Waals surface area contributed by atoms with E-state index in [0.29, 0.717) is 11.8 Å². The minimum absolute atomic E-state index is 0.272. The average Bonchev–Trinajstić information content (AvgIpc) is 2.54. The molecule has 3 nitrogen and oxygen atoms in total. The van der Waals surface area contributed by atoms with Gasteiger partial charge in [0.05, 0.1) is 0 Å². The fraction of sp³-hybridized carbons (Fsp3) is 0.235. The molecule has 0 aliphatic carbocycles. The van der Waals surface area contributed by atoms with Crippen LogP contribution in [0.5, 0.6) is 11.5 Å². The van der Waals surface area contributed by atoms with Crippen LogP contribution in [0, 0.1) is 0 Å². The molecule has 0 bridgehead atoms. The summed E-state index contributed by atoms with van der Waals surface area (Å²) >= 11 is 1.68. The molecule has 7 heteroatoms. The molecule has 0 amide bonds. The molecule has 0 fully saturated rings. The first-order valence-electron chi connectivity index (χ1n) is 7.12. The van der Waals surface area contributed by atoms with Crippen LogP contribution in [-0.2, 0) is 4.79 Å². The molecule has 1 unspecified atom stereocenters. The third-order valence-electron chi connectivity index (χ3n) is 2.96. The average molecular weight is 356 g/mol. The highest BCUT2D eigenvalue weighted by atomic mass is 32.2. The highest BCUT2D eigenvalue weighted by Gasteiger charge is 2.31. The molecule has 0 saturated carbocycles. The SMILES string of the molecule is CCSc1ccc(C(C=O)Oc2ccc(OC(F)(F)F)cc2)cc1. The van der Waals surface area contributed by atoms with Crippen molar-refractivity contribution in [1.29, 1.82) is 0 Å². The summed E-state index contributed by atoms with van der Waals surface area (Å²) in [4.78, 5) is 12.4. The molecule has 0 aliphatic rings. The van der Waals surface area contributed by atoms with Crippen molar-refractivity contribution >= 4 is 18.0 Å². The van der Waals surface area contributed by atoms with Crippen LogP contribution in [0.3, 0.4) is 0 Å². The first kappa shape index (κ1) is 18.2. The molecule has 24 heavy (non-hydrogen) atoms. The summed E-state index contributed by atoms with van der Waals surface area (Å²) in [6.45, 7) is 2.04. The van der Waals surface area contributed by atoms with Crippen molar-refractivity contribution in [2.75, 3.05) is 5.75 Å². The number of aldehydes is 1. The maximum atomic E-state index is 12.1. The summed E-state index contributed by atoms with van der Waals surface area (Å²) in [5, 5.41) is 0. The predicted octanol–water partition coefficient (Wildman–Crippen LogP) is 5.02. The lowest BCUT2D eigenvalue weighted by atomic mass is 10.1. The second-order valence-electron chi connectivity index (χ2n) is 4.70. The lowest BCUT2D eigenvalue weighted by molar-refractivity contribution is -0.274. The molecule has 0 aromatic heterocycles. The minimum Gasteiger partial charge on any atom is -0.478 e. The van der Waals surface area contributed by atoms with Gasteiger partial charge in [-0.15, -0.1) is 24.9 Å². The maximum absolute atomic E-state index is 12.1. The third kappa shape index (κ3) is 5.49. The Bertz CT molecular complexity index is 654. The van der Waals surface area contributed by atoms with E-state index in [0.717, 1.165) is 22.8 Å². The van der Waals surface area contributed by atoms with Gasteiger partial charge in [0.2, 0.25) is 0 Å². The molecule has 2 rings (SSSR count). The first-order valence-corrected chi connectivity index (χ1v) is 8.10. The number of thioether (sulfide) groups is 1. The molecule has 2 aromatic carbocycles. The summed E-state index contributed by atoms with van der Waals surface area (Å²) in [5.74, 6) is 0.867. The summed E-state index contributed by atoms with van der Waals surface area (Å²) < 4.78 is 45.6. The quantitative estimate of drug-likeness (QED) is 0.516. The van der Waals surface area contributed by atoms with E-state index in [4.69, 9.17) is 4.74 Å². The zero-order valence-corrected chi connectivity index (χ0v) is 13.6. The molecular weight excluding hydrogens is 341 g/mol. The van der Waals surface area contributed by atoms with Crippen LogP contribution >= 0.6 is 11.8 Å². The van der Waals surface area contributed by atoms with E-state index >= 15 is 0 Å². The van der Waals surface area contributed by atoms with E-state index in [-0.39, 0.29) is 11.5 Å². The Hall–Kier alpha value is -2.15. The number of ether oxygens (including phenoxy) is 2. The summed E-state index contributed by atoms with van der Waals surface area (Å²) in [6.07, 6.45) is -4.94. The smallest absolute Gasteiger partial charge is 0.478 e. The van der Waals surface area contributed by atoms with E-state index in [1.807, 2.05) is 19.1 Å². The van der Waals surface area contributed by atoms with Gasteiger partial charge >= 0.3 is 6.36 Å². The lowest BCUT2D eigenvalue weighted by Crippen LogP contribution is -2.17. The summed E-state index contributed by atoms with van der Waals surface area (Å²) in [5.41, 5.74) is 0.668. The Morgan fingerprint density at radius 2 is 1.62 bits per heavy atom. The highest BCUT2D eigenvalue weighted by Crippen LogP contribution is 2.27. The van der Waals surface area contributed by atoms with Crippen LogP contribution in [0.2, 0.25) is 0 Å². The van der Waals surface area contributed by atoms with Crippen LogP contribution in [-0.4, -0.2) is 18.4 Å². The van der Waals surface area contributed by atoms with Crippen molar-refractivity contribution in [2.24, 2.45) is 0 Å². The molecule has 128 valence electrons. The Morgan fingerprint density at radius 1 is 1.04 bits per heavy atom. The van der Waals surface area contributed by atoms with Crippen LogP contribution in [0.25, 0.3) is 0 Å². The van der Waals surface area contributed by atoms with Crippen molar-refractivity contribution in [3.8, 4) is 11.5 Å². The van der Waals surface area contributed by atoms with E-state index < -0.39 is 12.5 Å². The number of rotatable bonds is 7. The molecule has 1 atom stereocenters. The van der Waals surface area contributed by atoms with Gasteiger partial charge in [-0.25, -0.2) is 0 Å². The fourth-order valence-electron chi connectivity index (χ4n) is 1.96. The first-order chi connectivity index (χ1) is 11.4. The van der Waals surface area contributed by atoms with Gasteiger partial charge in [-0.2, -0.15) is 0 Å². The maximum Gasteiger partial charge on any atom is 0.573 e. The number of hydrogen-bond acceptors (Lipinski definition) is 4. The normalized spacial score (nSPS) is 12.5. The Kier molecular flexibility index (Phi) is 6.14. The van der Waals surface area contributed by atoms with Crippen molar-refractivity contribution in [3.05, 3.63) is 54.1 Å². The fourth-order valence-corrected chi connectivity index (χ4v) is 2.62. The Balaban J connectivity index is 2.05. The van der Waals surface area contributed by atoms with Gasteiger partial charge < -0.3 is 9.47 Å². The van der Waals surface area contributed by atoms with Gasteiger partial charge in [-0.3, -0.25) is 4.79 Å². The molecule has 0 saturated heterocycles. The van der Waals surface area contributed by atoms with Gasteiger partial charge in [0, 0.05) is 4.90 Å². The summed E-state index contributed by atoms with van der Waals surface area (Å²) in [7, 11) is 0. The van der Waals surface area contributed by atoms with Gasteiger partial charge in [0.15, 0.2) is 12.4 Å². The number of benzene rings is 2. The van der Waals surface area contributed by atoms with Gasteiger partial charge in [0.1, 0.15) is 11.5 Å². The number of alkyl halides is 3. The van der Waals surface area contributed by atoms with Gasteiger partial charge in [-0.1, -0.05) is 19.1 Å². The van der Waals surface area contributed by atoms with Crippen molar-refractivity contribution in [2.45, 2.75) is 24.3 Å². The van der Waals surface area contributed by atoms with Crippen molar-refractivity contribution in [1.82, 2.24) is 0 Å². The zero-order chi connectivity index (χ0) is 17.6.